The number of methoxy groups -OCH3 is 2. The summed E-state index contributed by atoms with van der Waals surface area (Å²) in [5.41, 5.74) is 1.76. The Morgan fingerprint density at radius 3 is 2.41 bits per heavy atom. The highest BCUT2D eigenvalue weighted by atomic mass is 16.5. The zero-order chi connectivity index (χ0) is 15.4. The van der Waals surface area contributed by atoms with Crippen LogP contribution in [0.4, 0.5) is 0 Å². The van der Waals surface area contributed by atoms with Gasteiger partial charge in [-0.1, -0.05) is 6.07 Å². The standard InChI is InChI=1S/C18H16N2O2/c1-21-17-11-13-8-10-20-16(15(13)12-18(17)22-2)7-6-14-5-3-4-9-19-14/h3-12H,1-2H3/b7-6+. The van der Waals surface area contributed by atoms with Crippen LogP contribution in [0.25, 0.3) is 22.9 Å². The van der Waals surface area contributed by atoms with Crippen LogP contribution in [-0.2, 0) is 0 Å². The number of pyridine rings is 2. The van der Waals surface area contributed by atoms with E-state index < -0.39 is 0 Å². The summed E-state index contributed by atoms with van der Waals surface area (Å²) in [5, 5.41) is 2.06. The molecule has 3 rings (SSSR count). The molecule has 0 saturated carbocycles. The summed E-state index contributed by atoms with van der Waals surface area (Å²) < 4.78 is 10.7. The van der Waals surface area contributed by atoms with Crippen molar-refractivity contribution < 1.29 is 9.47 Å². The second-order valence-corrected chi connectivity index (χ2v) is 4.71. The normalized spacial score (nSPS) is 11.0. The first-order valence-corrected chi connectivity index (χ1v) is 6.91. The molecule has 22 heavy (non-hydrogen) atoms. The first-order chi connectivity index (χ1) is 10.8. The Kier molecular flexibility index (Phi) is 4.01. The van der Waals surface area contributed by atoms with Gasteiger partial charge >= 0.3 is 0 Å². The van der Waals surface area contributed by atoms with E-state index in [-0.39, 0.29) is 0 Å². The highest BCUT2D eigenvalue weighted by molar-refractivity contribution is 5.93. The third-order valence-corrected chi connectivity index (χ3v) is 3.40. The number of hydrogen-bond acceptors (Lipinski definition) is 4. The lowest BCUT2D eigenvalue weighted by molar-refractivity contribution is 0.356. The lowest BCUT2D eigenvalue weighted by Gasteiger charge is -2.10. The second kappa shape index (κ2) is 6.26. The van der Waals surface area contributed by atoms with Crippen LogP contribution >= 0.6 is 0 Å². The van der Waals surface area contributed by atoms with E-state index in [4.69, 9.17) is 9.47 Å². The molecule has 0 aliphatic rings. The van der Waals surface area contributed by atoms with Crippen molar-refractivity contribution in [1.82, 2.24) is 9.97 Å². The van der Waals surface area contributed by atoms with Crippen LogP contribution in [0.2, 0.25) is 0 Å². The van der Waals surface area contributed by atoms with E-state index in [0.717, 1.165) is 22.2 Å². The van der Waals surface area contributed by atoms with Crippen LogP contribution in [0.15, 0.2) is 48.8 Å². The average molecular weight is 292 g/mol. The SMILES string of the molecule is COc1cc2ccnc(/C=C/c3ccccn3)c2cc1OC. The van der Waals surface area contributed by atoms with Crippen LogP contribution in [0.3, 0.4) is 0 Å². The van der Waals surface area contributed by atoms with Gasteiger partial charge in [-0.3, -0.25) is 9.97 Å². The minimum atomic E-state index is 0.690. The van der Waals surface area contributed by atoms with Crippen LogP contribution in [0.1, 0.15) is 11.4 Å². The monoisotopic (exact) mass is 292 g/mol. The van der Waals surface area contributed by atoms with E-state index in [0.29, 0.717) is 11.5 Å². The van der Waals surface area contributed by atoms with E-state index >= 15 is 0 Å². The lowest BCUT2D eigenvalue weighted by atomic mass is 10.1. The summed E-state index contributed by atoms with van der Waals surface area (Å²) in [6.07, 6.45) is 7.45. The summed E-state index contributed by atoms with van der Waals surface area (Å²) in [5.74, 6) is 1.40. The van der Waals surface area contributed by atoms with Gasteiger partial charge in [0.2, 0.25) is 0 Å². The Morgan fingerprint density at radius 1 is 0.864 bits per heavy atom. The van der Waals surface area contributed by atoms with Crippen molar-refractivity contribution in [2.24, 2.45) is 0 Å². The van der Waals surface area contributed by atoms with Gasteiger partial charge in [0.25, 0.3) is 0 Å². The van der Waals surface area contributed by atoms with Gasteiger partial charge in [0, 0.05) is 17.8 Å². The number of fused-ring (bicyclic) bond motifs is 1. The van der Waals surface area contributed by atoms with Gasteiger partial charge in [-0.05, 0) is 47.9 Å². The molecule has 2 aromatic heterocycles. The number of ether oxygens (including phenoxy) is 2. The molecule has 0 saturated heterocycles. The molecule has 1 aromatic carbocycles. The van der Waals surface area contributed by atoms with Crippen LogP contribution < -0.4 is 9.47 Å². The first-order valence-electron chi connectivity index (χ1n) is 6.91. The van der Waals surface area contributed by atoms with Crippen molar-refractivity contribution in [3.8, 4) is 11.5 Å². The molecule has 3 aromatic rings. The molecule has 0 atom stereocenters. The quantitative estimate of drug-likeness (QED) is 0.733. The number of rotatable bonds is 4. The summed E-state index contributed by atoms with van der Waals surface area (Å²) in [6, 6.07) is 11.6. The van der Waals surface area contributed by atoms with E-state index in [2.05, 4.69) is 9.97 Å². The maximum atomic E-state index is 5.37. The summed E-state index contributed by atoms with van der Waals surface area (Å²) in [7, 11) is 3.26. The molecule has 2 heterocycles. The maximum Gasteiger partial charge on any atom is 0.161 e. The zero-order valence-electron chi connectivity index (χ0n) is 12.5. The van der Waals surface area contributed by atoms with Gasteiger partial charge in [0.05, 0.1) is 25.6 Å². The fourth-order valence-corrected chi connectivity index (χ4v) is 2.29. The number of aromatic nitrogens is 2. The maximum absolute atomic E-state index is 5.37. The van der Waals surface area contributed by atoms with Gasteiger partial charge in [-0.2, -0.15) is 0 Å². The molecule has 0 N–H and O–H groups in total. The second-order valence-electron chi connectivity index (χ2n) is 4.71. The van der Waals surface area contributed by atoms with E-state index in [1.165, 1.54) is 0 Å². The molecule has 0 aliphatic heterocycles. The molecular formula is C18H16N2O2. The number of hydrogen-bond donors (Lipinski definition) is 0. The summed E-state index contributed by atoms with van der Waals surface area (Å²) in [4.78, 5) is 8.72. The van der Waals surface area contributed by atoms with Crippen LogP contribution in [0, 0.1) is 0 Å². The molecule has 110 valence electrons. The van der Waals surface area contributed by atoms with Crippen molar-refractivity contribution in [2.75, 3.05) is 14.2 Å². The molecule has 0 amide bonds. The molecule has 0 unspecified atom stereocenters. The van der Waals surface area contributed by atoms with Crippen LogP contribution in [-0.4, -0.2) is 24.2 Å². The Balaban J connectivity index is 2.08. The van der Waals surface area contributed by atoms with Crippen molar-refractivity contribution in [3.05, 3.63) is 60.2 Å². The predicted molar refractivity (Wildman–Crippen MR) is 88.0 cm³/mol. The van der Waals surface area contributed by atoms with Crippen molar-refractivity contribution in [2.45, 2.75) is 0 Å². The van der Waals surface area contributed by atoms with Gasteiger partial charge in [0.1, 0.15) is 0 Å². The highest BCUT2D eigenvalue weighted by Gasteiger charge is 2.08. The number of benzene rings is 1. The van der Waals surface area contributed by atoms with Gasteiger partial charge in [-0.25, -0.2) is 0 Å². The minimum Gasteiger partial charge on any atom is -0.493 e. The Hall–Kier alpha value is -2.88. The number of nitrogens with zero attached hydrogens (tertiary/aromatic N) is 2. The fraction of sp³-hybridized carbons (Fsp3) is 0.111. The van der Waals surface area contributed by atoms with Crippen molar-refractivity contribution >= 4 is 22.9 Å². The zero-order valence-corrected chi connectivity index (χ0v) is 12.5. The smallest absolute Gasteiger partial charge is 0.161 e. The lowest BCUT2D eigenvalue weighted by Crippen LogP contribution is -1.92. The molecular weight excluding hydrogens is 276 g/mol. The Bertz CT molecular complexity index is 814. The molecule has 4 nitrogen and oxygen atoms in total. The molecule has 0 aliphatic carbocycles. The first kappa shape index (κ1) is 14.1. The molecule has 4 heteroatoms. The van der Waals surface area contributed by atoms with Gasteiger partial charge in [0.15, 0.2) is 11.5 Å². The van der Waals surface area contributed by atoms with Crippen molar-refractivity contribution in [3.63, 3.8) is 0 Å². The van der Waals surface area contributed by atoms with Gasteiger partial charge in [-0.15, -0.1) is 0 Å². The average Bonchev–Trinajstić information content (AvgIpc) is 2.59. The van der Waals surface area contributed by atoms with E-state index in [9.17, 15) is 0 Å². The largest absolute Gasteiger partial charge is 0.493 e. The Morgan fingerprint density at radius 2 is 1.68 bits per heavy atom. The third kappa shape index (κ3) is 2.76. The predicted octanol–water partition coefficient (Wildman–Crippen LogP) is 3.82. The molecule has 0 radical (unpaired) electrons. The molecule has 0 bridgehead atoms. The summed E-state index contributed by atoms with van der Waals surface area (Å²) in [6.45, 7) is 0. The highest BCUT2D eigenvalue weighted by Crippen LogP contribution is 2.33. The van der Waals surface area contributed by atoms with Crippen molar-refractivity contribution in [1.29, 1.82) is 0 Å². The molecule has 0 fully saturated rings. The topological polar surface area (TPSA) is 44.2 Å². The van der Waals surface area contributed by atoms with E-state index in [1.807, 2.05) is 48.6 Å². The molecule has 0 spiro atoms. The third-order valence-electron chi connectivity index (χ3n) is 3.40. The summed E-state index contributed by atoms with van der Waals surface area (Å²) >= 11 is 0. The van der Waals surface area contributed by atoms with Gasteiger partial charge < -0.3 is 9.47 Å². The van der Waals surface area contributed by atoms with Crippen LogP contribution in [0.5, 0.6) is 11.5 Å². The van der Waals surface area contributed by atoms with E-state index in [1.54, 1.807) is 26.6 Å². The Labute approximate surface area is 129 Å². The minimum absolute atomic E-state index is 0.690. The fourth-order valence-electron chi connectivity index (χ4n) is 2.29.